The first-order valence-electron chi connectivity index (χ1n) is 5.53. The molecule has 5 nitrogen and oxygen atoms in total. The topological polar surface area (TPSA) is 80.4 Å². The van der Waals surface area contributed by atoms with Crippen molar-refractivity contribution < 1.29 is 14.8 Å². The van der Waals surface area contributed by atoms with Crippen molar-refractivity contribution in [1.29, 1.82) is 0 Å². The van der Waals surface area contributed by atoms with E-state index in [1.54, 1.807) is 6.07 Å². The van der Waals surface area contributed by atoms with E-state index in [9.17, 15) is 14.9 Å². The predicted molar refractivity (Wildman–Crippen MR) is 73.2 cm³/mol. The van der Waals surface area contributed by atoms with Gasteiger partial charge in [-0.05, 0) is 11.0 Å². The highest BCUT2D eigenvalue weighted by atomic mass is 35.5. The monoisotopic (exact) mass is 283 g/mol. The average molecular weight is 284 g/mol. The van der Waals surface area contributed by atoms with Gasteiger partial charge in [-0.15, -0.1) is 0 Å². The second kappa shape index (κ2) is 5.40. The van der Waals surface area contributed by atoms with E-state index in [1.807, 2.05) is 20.8 Å². The number of nitro benzene ring substituents is 1. The molecule has 19 heavy (non-hydrogen) atoms. The molecule has 0 bridgehead atoms. The summed E-state index contributed by atoms with van der Waals surface area (Å²) in [5.74, 6) is -1.12. The molecule has 1 rings (SSSR count). The van der Waals surface area contributed by atoms with Gasteiger partial charge in [0.15, 0.2) is 0 Å². The molecule has 1 aromatic rings. The molecule has 0 atom stereocenters. The van der Waals surface area contributed by atoms with E-state index >= 15 is 0 Å². The lowest BCUT2D eigenvalue weighted by molar-refractivity contribution is -0.384. The minimum absolute atomic E-state index is 0.0464. The molecule has 0 heterocycles. The standard InChI is InChI=1S/C13H14ClNO4/c1-13(2,3)9(7-11(16)17)8-5-4-6-10(12(8)14)15(18)19/h4-7H,1-3H3,(H,16,17)/b9-7-. The summed E-state index contributed by atoms with van der Waals surface area (Å²) in [6.07, 6.45) is 1.03. The molecule has 102 valence electrons. The molecule has 0 radical (unpaired) electrons. The number of carboxylic acids is 1. The summed E-state index contributed by atoms with van der Waals surface area (Å²) in [6.45, 7) is 5.45. The van der Waals surface area contributed by atoms with E-state index in [2.05, 4.69) is 0 Å². The van der Waals surface area contributed by atoms with Gasteiger partial charge in [-0.2, -0.15) is 0 Å². The Bertz CT molecular complexity index is 558. The molecule has 0 aliphatic heterocycles. The Hall–Kier alpha value is -1.88. The quantitative estimate of drug-likeness (QED) is 0.520. The van der Waals surface area contributed by atoms with E-state index in [1.165, 1.54) is 12.1 Å². The lowest BCUT2D eigenvalue weighted by Gasteiger charge is -2.23. The molecule has 0 saturated carbocycles. The van der Waals surface area contributed by atoms with Crippen molar-refractivity contribution in [2.75, 3.05) is 0 Å². The summed E-state index contributed by atoms with van der Waals surface area (Å²) in [5, 5.41) is 19.7. The van der Waals surface area contributed by atoms with Gasteiger partial charge in [0.2, 0.25) is 0 Å². The number of aliphatic carboxylic acids is 1. The van der Waals surface area contributed by atoms with Crippen LogP contribution in [-0.4, -0.2) is 16.0 Å². The van der Waals surface area contributed by atoms with Crippen LogP contribution < -0.4 is 0 Å². The first-order chi connectivity index (χ1) is 8.64. The highest BCUT2D eigenvalue weighted by Gasteiger charge is 2.25. The van der Waals surface area contributed by atoms with E-state index in [0.717, 1.165) is 6.08 Å². The molecule has 0 fully saturated rings. The molecule has 0 aromatic heterocycles. The van der Waals surface area contributed by atoms with Crippen molar-refractivity contribution in [1.82, 2.24) is 0 Å². The maximum absolute atomic E-state index is 10.9. The summed E-state index contributed by atoms with van der Waals surface area (Å²) >= 11 is 6.01. The van der Waals surface area contributed by atoms with Crippen molar-refractivity contribution >= 4 is 28.8 Å². The predicted octanol–water partition coefficient (Wildman–Crippen LogP) is 3.76. The molecular formula is C13H14ClNO4. The largest absolute Gasteiger partial charge is 0.478 e. The SMILES string of the molecule is CC(C)(C)/C(=C\C(=O)O)c1cccc([N+](=O)[O-])c1Cl. The summed E-state index contributed by atoms with van der Waals surface area (Å²) in [6, 6.07) is 4.35. The second-order valence-corrected chi connectivity index (χ2v) is 5.42. The summed E-state index contributed by atoms with van der Waals surface area (Å²) in [7, 11) is 0. The number of benzene rings is 1. The third-order valence-corrected chi connectivity index (χ3v) is 2.94. The van der Waals surface area contributed by atoms with Crippen molar-refractivity contribution in [2.24, 2.45) is 5.41 Å². The van der Waals surface area contributed by atoms with Crippen LogP contribution in [-0.2, 0) is 4.79 Å². The Morgan fingerprint density at radius 3 is 2.42 bits per heavy atom. The van der Waals surface area contributed by atoms with Crippen molar-refractivity contribution in [3.05, 3.63) is 45.0 Å². The maximum Gasteiger partial charge on any atom is 0.328 e. The fraction of sp³-hybridized carbons (Fsp3) is 0.308. The molecule has 0 spiro atoms. The molecule has 6 heteroatoms. The van der Waals surface area contributed by atoms with Crippen LogP contribution in [0.1, 0.15) is 26.3 Å². The number of nitro groups is 1. The van der Waals surface area contributed by atoms with Crippen LogP contribution in [0.4, 0.5) is 5.69 Å². The Labute approximate surface area is 115 Å². The minimum atomic E-state index is -1.12. The van der Waals surface area contributed by atoms with E-state index in [4.69, 9.17) is 16.7 Å². The van der Waals surface area contributed by atoms with Crippen LogP contribution >= 0.6 is 11.6 Å². The van der Waals surface area contributed by atoms with Gasteiger partial charge in [-0.25, -0.2) is 4.79 Å². The van der Waals surface area contributed by atoms with Crippen LogP contribution in [0.2, 0.25) is 5.02 Å². The van der Waals surface area contributed by atoms with Gasteiger partial charge in [0.05, 0.1) is 4.92 Å². The Morgan fingerprint density at radius 2 is 2.00 bits per heavy atom. The maximum atomic E-state index is 10.9. The second-order valence-electron chi connectivity index (χ2n) is 5.04. The van der Waals surface area contributed by atoms with Crippen molar-refractivity contribution in [3.63, 3.8) is 0 Å². The van der Waals surface area contributed by atoms with Gasteiger partial charge in [-0.3, -0.25) is 10.1 Å². The molecule has 0 aliphatic rings. The first kappa shape index (κ1) is 15.2. The lowest BCUT2D eigenvalue weighted by atomic mass is 9.81. The molecule has 1 aromatic carbocycles. The first-order valence-corrected chi connectivity index (χ1v) is 5.90. The zero-order valence-electron chi connectivity index (χ0n) is 10.8. The number of rotatable bonds is 3. The fourth-order valence-electron chi connectivity index (χ4n) is 1.69. The van der Waals surface area contributed by atoms with Crippen molar-refractivity contribution in [3.8, 4) is 0 Å². The average Bonchev–Trinajstić information content (AvgIpc) is 2.24. The van der Waals surface area contributed by atoms with Gasteiger partial charge in [0.1, 0.15) is 5.02 Å². The third kappa shape index (κ3) is 3.54. The summed E-state index contributed by atoms with van der Waals surface area (Å²) in [4.78, 5) is 21.2. The van der Waals surface area contributed by atoms with Gasteiger partial charge in [0, 0.05) is 17.7 Å². The summed E-state index contributed by atoms with van der Waals surface area (Å²) < 4.78 is 0. The minimum Gasteiger partial charge on any atom is -0.478 e. The normalized spacial score (nSPS) is 12.3. The Kier molecular flexibility index (Phi) is 4.32. The highest BCUT2D eigenvalue weighted by molar-refractivity contribution is 6.34. The summed E-state index contributed by atoms with van der Waals surface area (Å²) in [5.41, 5.74) is 0.0660. The molecular weight excluding hydrogens is 270 g/mol. The molecule has 0 unspecified atom stereocenters. The number of carboxylic acid groups (broad SMARTS) is 1. The van der Waals surface area contributed by atoms with Crippen LogP contribution in [0.3, 0.4) is 0 Å². The van der Waals surface area contributed by atoms with E-state index < -0.39 is 16.3 Å². The number of halogens is 1. The number of hydrogen-bond donors (Lipinski definition) is 1. The van der Waals surface area contributed by atoms with Gasteiger partial charge in [0.25, 0.3) is 5.69 Å². The number of carbonyl (C=O) groups is 1. The molecule has 0 saturated heterocycles. The number of nitrogens with zero attached hydrogens (tertiary/aromatic N) is 1. The zero-order valence-corrected chi connectivity index (χ0v) is 11.6. The fourth-order valence-corrected chi connectivity index (χ4v) is 1.99. The number of hydrogen-bond acceptors (Lipinski definition) is 3. The molecule has 1 N–H and O–H groups in total. The van der Waals surface area contributed by atoms with E-state index in [0.29, 0.717) is 11.1 Å². The number of allylic oxidation sites excluding steroid dienone is 1. The molecule has 0 aliphatic carbocycles. The van der Waals surface area contributed by atoms with Crippen molar-refractivity contribution in [2.45, 2.75) is 20.8 Å². The molecule has 0 amide bonds. The highest BCUT2D eigenvalue weighted by Crippen LogP contribution is 2.40. The van der Waals surface area contributed by atoms with Crippen LogP contribution in [0.25, 0.3) is 5.57 Å². The Morgan fingerprint density at radius 1 is 1.42 bits per heavy atom. The van der Waals surface area contributed by atoms with E-state index in [-0.39, 0.29) is 10.7 Å². The lowest BCUT2D eigenvalue weighted by Crippen LogP contribution is -2.11. The Balaban J connectivity index is 3.54. The third-order valence-electron chi connectivity index (χ3n) is 2.54. The smallest absolute Gasteiger partial charge is 0.328 e. The van der Waals surface area contributed by atoms with Gasteiger partial charge < -0.3 is 5.11 Å². The van der Waals surface area contributed by atoms with Gasteiger partial charge >= 0.3 is 5.97 Å². The zero-order chi connectivity index (χ0) is 14.8. The van der Waals surface area contributed by atoms with Crippen LogP contribution in [0, 0.1) is 15.5 Å². The van der Waals surface area contributed by atoms with Gasteiger partial charge in [-0.1, -0.05) is 44.5 Å². The van der Waals surface area contributed by atoms with Crippen LogP contribution in [0.15, 0.2) is 24.3 Å². The van der Waals surface area contributed by atoms with Crippen LogP contribution in [0.5, 0.6) is 0 Å².